The lowest BCUT2D eigenvalue weighted by Crippen LogP contribution is -2.26. The van der Waals surface area contributed by atoms with E-state index in [0.717, 1.165) is 22.3 Å². The molecule has 7 heteroatoms. The Morgan fingerprint density at radius 2 is 1.82 bits per heavy atom. The predicted octanol–water partition coefficient (Wildman–Crippen LogP) is 2.99. The van der Waals surface area contributed by atoms with Gasteiger partial charge >= 0.3 is 5.97 Å². The van der Waals surface area contributed by atoms with Crippen molar-refractivity contribution in [3.63, 3.8) is 0 Å². The molecular formula is C21H23NO6. The number of methoxy groups -OCH3 is 3. The molecule has 1 aliphatic rings. The first-order valence-corrected chi connectivity index (χ1v) is 8.87. The number of aryl methyl sites for hydroxylation is 1. The molecule has 7 nitrogen and oxygen atoms in total. The molecule has 0 bridgehead atoms. The van der Waals surface area contributed by atoms with E-state index >= 15 is 0 Å². The highest BCUT2D eigenvalue weighted by atomic mass is 16.5. The molecule has 3 rings (SSSR count). The standard InChI is InChI=1S/C21H23NO6/c1-11(23)22-16-8-6-12-10-17(24)19(26-2)20(27-3)18(12)14-7-5-13(9-15(14)16)21(25)28-4/h5,7,9-10,16,24H,6,8H2,1-4H3,(H,22,23). The summed E-state index contributed by atoms with van der Waals surface area (Å²) in [6, 6.07) is 6.56. The Kier molecular flexibility index (Phi) is 5.44. The first-order valence-electron chi connectivity index (χ1n) is 8.87. The van der Waals surface area contributed by atoms with Gasteiger partial charge < -0.3 is 24.6 Å². The van der Waals surface area contributed by atoms with E-state index in [2.05, 4.69) is 5.32 Å². The van der Waals surface area contributed by atoms with Gasteiger partial charge in [0.25, 0.3) is 0 Å². The summed E-state index contributed by atoms with van der Waals surface area (Å²) in [5, 5.41) is 13.3. The number of phenolic OH excluding ortho intramolecular Hbond substituents is 1. The fourth-order valence-corrected chi connectivity index (χ4v) is 3.74. The van der Waals surface area contributed by atoms with E-state index < -0.39 is 5.97 Å². The summed E-state index contributed by atoms with van der Waals surface area (Å²) in [6.45, 7) is 1.46. The Morgan fingerprint density at radius 3 is 2.43 bits per heavy atom. The summed E-state index contributed by atoms with van der Waals surface area (Å²) >= 11 is 0. The lowest BCUT2D eigenvalue weighted by molar-refractivity contribution is -0.119. The zero-order valence-electron chi connectivity index (χ0n) is 16.3. The van der Waals surface area contributed by atoms with Gasteiger partial charge in [0.05, 0.1) is 32.9 Å². The van der Waals surface area contributed by atoms with Gasteiger partial charge in [-0.15, -0.1) is 0 Å². The van der Waals surface area contributed by atoms with Crippen molar-refractivity contribution in [3.8, 4) is 28.4 Å². The van der Waals surface area contributed by atoms with Crippen LogP contribution >= 0.6 is 0 Å². The first-order chi connectivity index (χ1) is 13.4. The fourth-order valence-electron chi connectivity index (χ4n) is 3.74. The van der Waals surface area contributed by atoms with Gasteiger partial charge in [0.15, 0.2) is 11.5 Å². The number of nitrogens with one attached hydrogen (secondary N) is 1. The highest BCUT2D eigenvalue weighted by molar-refractivity contribution is 5.92. The van der Waals surface area contributed by atoms with Crippen LogP contribution in [0.25, 0.3) is 11.1 Å². The first kappa shape index (κ1) is 19.5. The van der Waals surface area contributed by atoms with Crippen LogP contribution < -0.4 is 14.8 Å². The van der Waals surface area contributed by atoms with E-state index in [4.69, 9.17) is 14.2 Å². The van der Waals surface area contributed by atoms with Crippen LogP contribution in [0.15, 0.2) is 24.3 Å². The van der Waals surface area contributed by atoms with E-state index in [0.29, 0.717) is 24.2 Å². The number of ether oxygens (including phenoxy) is 3. The number of amides is 1. The van der Waals surface area contributed by atoms with Gasteiger partial charge in [0.1, 0.15) is 0 Å². The van der Waals surface area contributed by atoms with Gasteiger partial charge in [-0.05, 0) is 47.7 Å². The lowest BCUT2D eigenvalue weighted by Gasteiger charge is -2.21. The third-order valence-corrected chi connectivity index (χ3v) is 4.90. The minimum Gasteiger partial charge on any atom is -0.504 e. The highest BCUT2D eigenvalue weighted by Crippen LogP contribution is 2.50. The van der Waals surface area contributed by atoms with E-state index in [9.17, 15) is 14.7 Å². The molecule has 2 aromatic rings. The van der Waals surface area contributed by atoms with Gasteiger partial charge in [-0.25, -0.2) is 4.79 Å². The van der Waals surface area contributed by atoms with Crippen LogP contribution in [0.5, 0.6) is 17.2 Å². The maximum atomic E-state index is 12.0. The number of hydrogen-bond donors (Lipinski definition) is 2. The summed E-state index contributed by atoms with van der Waals surface area (Å²) in [7, 11) is 4.30. The number of carbonyl (C=O) groups excluding carboxylic acids is 2. The van der Waals surface area contributed by atoms with Crippen molar-refractivity contribution < 1.29 is 28.9 Å². The van der Waals surface area contributed by atoms with Gasteiger partial charge in [-0.2, -0.15) is 0 Å². The summed E-state index contributed by atoms with van der Waals surface area (Å²) < 4.78 is 15.8. The number of esters is 1. The van der Waals surface area contributed by atoms with Crippen molar-refractivity contribution in [2.45, 2.75) is 25.8 Å². The zero-order valence-corrected chi connectivity index (χ0v) is 16.3. The molecule has 2 N–H and O–H groups in total. The SMILES string of the molecule is COC(=O)c1ccc2c(c1)C(NC(C)=O)CCc1cc(O)c(OC)c(OC)c1-2. The molecule has 2 aromatic carbocycles. The number of carbonyl (C=O) groups is 2. The molecule has 1 unspecified atom stereocenters. The topological polar surface area (TPSA) is 94.1 Å². The number of benzene rings is 2. The van der Waals surface area contributed by atoms with Crippen molar-refractivity contribution in [1.29, 1.82) is 0 Å². The maximum absolute atomic E-state index is 12.0. The Balaban J connectivity index is 2.31. The Labute approximate surface area is 163 Å². The second-order valence-corrected chi connectivity index (χ2v) is 6.58. The summed E-state index contributed by atoms with van der Waals surface area (Å²) in [4.78, 5) is 23.8. The fraction of sp³-hybridized carbons (Fsp3) is 0.333. The molecule has 1 aliphatic carbocycles. The monoisotopic (exact) mass is 385 g/mol. The quantitative estimate of drug-likeness (QED) is 0.786. The second-order valence-electron chi connectivity index (χ2n) is 6.58. The molecule has 1 amide bonds. The van der Waals surface area contributed by atoms with Crippen LogP contribution in [-0.2, 0) is 16.0 Å². The van der Waals surface area contributed by atoms with Crippen LogP contribution in [0.2, 0.25) is 0 Å². The smallest absolute Gasteiger partial charge is 0.337 e. The molecule has 0 saturated heterocycles. The molecular weight excluding hydrogens is 362 g/mol. The maximum Gasteiger partial charge on any atom is 0.337 e. The largest absolute Gasteiger partial charge is 0.504 e. The van der Waals surface area contributed by atoms with E-state index in [1.165, 1.54) is 28.3 Å². The minimum atomic E-state index is -0.455. The van der Waals surface area contributed by atoms with E-state index in [1.54, 1.807) is 24.3 Å². The Hall–Kier alpha value is -3.22. The third-order valence-electron chi connectivity index (χ3n) is 4.90. The number of fused-ring (bicyclic) bond motifs is 3. The minimum absolute atomic E-state index is 0.0104. The van der Waals surface area contributed by atoms with Gasteiger partial charge in [0, 0.05) is 12.5 Å². The number of aromatic hydroxyl groups is 1. The number of rotatable bonds is 4. The van der Waals surface area contributed by atoms with Gasteiger partial charge in [0.2, 0.25) is 11.7 Å². The van der Waals surface area contributed by atoms with Gasteiger partial charge in [-0.1, -0.05) is 6.07 Å². The third kappa shape index (κ3) is 3.35. The zero-order chi connectivity index (χ0) is 20.4. The molecule has 1 atom stereocenters. The van der Waals surface area contributed by atoms with Crippen molar-refractivity contribution in [3.05, 3.63) is 41.0 Å². The van der Waals surface area contributed by atoms with Crippen LogP contribution in [0.3, 0.4) is 0 Å². The summed E-state index contributed by atoms with van der Waals surface area (Å²) in [6.07, 6.45) is 1.19. The van der Waals surface area contributed by atoms with Crippen molar-refractivity contribution >= 4 is 11.9 Å². The molecule has 0 spiro atoms. The molecule has 0 saturated carbocycles. The Morgan fingerprint density at radius 1 is 1.11 bits per heavy atom. The van der Waals surface area contributed by atoms with Gasteiger partial charge in [-0.3, -0.25) is 4.79 Å². The van der Waals surface area contributed by atoms with Crippen LogP contribution in [0.1, 0.15) is 40.9 Å². The van der Waals surface area contributed by atoms with Crippen molar-refractivity contribution in [1.82, 2.24) is 5.32 Å². The van der Waals surface area contributed by atoms with Crippen LogP contribution in [0, 0.1) is 0 Å². The molecule has 0 aromatic heterocycles. The summed E-state index contributed by atoms with van der Waals surface area (Å²) in [5.74, 6) is 0.0148. The van der Waals surface area contributed by atoms with Crippen LogP contribution in [-0.4, -0.2) is 38.3 Å². The molecule has 0 heterocycles. The van der Waals surface area contributed by atoms with E-state index in [1.807, 2.05) is 0 Å². The summed E-state index contributed by atoms with van der Waals surface area (Å²) in [5.41, 5.74) is 3.62. The lowest BCUT2D eigenvalue weighted by atomic mass is 9.92. The van der Waals surface area contributed by atoms with Crippen molar-refractivity contribution in [2.75, 3.05) is 21.3 Å². The average molecular weight is 385 g/mol. The van der Waals surface area contributed by atoms with E-state index in [-0.39, 0.29) is 23.4 Å². The normalized spacial score (nSPS) is 14.9. The molecule has 0 fully saturated rings. The van der Waals surface area contributed by atoms with Crippen LogP contribution in [0.4, 0.5) is 0 Å². The highest BCUT2D eigenvalue weighted by Gasteiger charge is 2.29. The number of phenols is 1. The molecule has 0 aliphatic heterocycles. The predicted molar refractivity (Wildman–Crippen MR) is 103 cm³/mol. The number of hydrogen-bond acceptors (Lipinski definition) is 6. The van der Waals surface area contributed by atoms with Crippen molar-refractivity contribution in [2.24, 2.45) is 0 Å². The average Bonchev–Trinajstić information content (AvgIpc) is 2.82. The molecule has 148 valence electrons. The Bertz CT molecular complexity index is 937. The second kappa shape index (κ2) is 7.80. The molecule has 28 heavy (non-hydrogen) atoms. The molecule has 0 radical (unpaired) electrons.